The summed E-state index contributed by atoms with van der Waals surface area (Å²) >= 11 is 0. The highest BCUT2D eigenvalue weighted by atomic mass is 16.5. The number of carboxylic acid groups (broad SMARTS) is 1. The third-order valence-corrected chi connectivity index (χ3v) is 3.26. The van der Waals surface area contributed by atoms with E-state index in [0.717, 1.165) is 31.8 Å². The molecule has 0 aromatic heterocycles. The molecule has 0 aromatic rings. The van der Waals surface area contributed by atoms with E-state index in [1.165, 1.54) is 6.42 Å². The van der Waals surface area contributed by atoms with Crippen LogP contribution in [0.5, 0.6) is 0 Å². The number of aliphatic carboxylic acids is 1. The molecule has 0 spiro atoms. The average Bonchev–Trinajstić information content (AvgIpc) is 2.35. The minimum atomic E-state index is -1.01. The lowest BCUT2D eigenvalue weighted by Crippen LogP contribution is -2.43. The molecule has 23 heavy (non-hydrogen) atoms. The average molecular weight is 330 g/mol. The monoisotopic (exact) mass is 330 g/mol. The lowest BCUT2D eigenvalue weighted by molar-refractivity contribution is -0.873. The van der Waals surface area contributed by atoms with Crippen LogP contribution >= 0.6 is 0 Å². The number of quaternary nitrogens is 1. The van der Waals surface area contributed by atoms with Gasteiger partial charge in [0.25, 0.3) is 0 Å². The van der Waals surface area contributed by atoms with Gasteiger partial charge in [-0.2, -0.15) is 0 Å². The zero-order valence-electron chi connectivity index (χ0n) is 14.9. The Hall–Kier alpha value is -1.56. The highest BCUT2D eigenvalue weighted by Gasteiger charge is 2.24. The van der Waals surface area contributed by atoms with E-state index in [9.17, 15) is 14.7 Å². The molecule has 0 fully saturated rings. The second kappa shape index (κ2) is 11.0. The molecule has 6 nitrogen and oxygen atoms in total. The molecular weight excluding hydrogens is 298 g/mol. The lowest BCUT2D eigenvalue weighted by atomic mass is 10.1. The Morgan fingerprint density at radius 2 is 1.70 bits per heavy atom. The number of esters is 1. The van der Waals surface area contributed by atoms with Crippen LogP contribution in [-0.4, -0.2) is 60.4 Å². The third kappa shape index (κ3) is 13.8. The summed E-state index contributed by atoms with van der Waals surface area (Å²) in [6.45, 7) is 2.53. The van der Waals surface area contributed by atoms with Crippen LogP contribution in [0, 0.1) is 0 Å². The number of hydrogen-bond donors (Lipinski definition) is 2. The number of carbonyl (C=O) groups excluding carboxylic acids is 1. The van der Waals surface area contributed by atoms with Gasteiger partial charge in [0.05, 0.1) is 39.4 Å². The van der Waals surface area contributed by atoms with Crippen molar-refractivity contribution in [1.29, 1.82) is 0 Å². The van der Waals surface area contributed by atoms with Crippen molar-refractivity contribution in [3.05, 3.63) is 11.8 Å². The molecular formula is C17H32NO5+. The first-order chi connectivity index (χ1) is 10.6. The fourth-order valence-corrected chi connectivity index (χ4v) is 2.27. The number of carboxylic acids is 1. The third-order valence-electron chi connectivity index (χ3n) is 3.26. The first kappa shape index (κ1) is 21.4. The molecule has 0 aliphatic carbocycles. The Balaban J connectivity index is 4.37. The Bertz CT molecular complexity index is 398. The second-order valence-corrected chi connectivity index (χ2v) is 6.93. The molecule has 1 atom stereocenters. The molecule has 1 unspecified atom stereocenters. The van der Waals surface area contributed by atoms with Gasteiger partial charge in [0.2, 0.25) is 0 Å². The van der Waals surface area contributed by atoms with Crippen LogP contribution in [0.15, 0.2) is 11.8 Å². The Morgan fingerprint density at radius 1 is 1.09 bits per heavy atom. The number of aliphatic hydroxyl groups excluding tert-OH is 1. The van der Waals surface area contributed by atoms with E-state index in [1.54, 1.807) is 0 Å². The van der Waals surface area contributed by atoms with Crippen molar-refractivity contribution >= 4 is 11.9 Å². The molecule has 0 saturated heterocycles. The van der Waals surface area contributed by atoms with E-state index in [1.807, 2.05) is 21.1 Å². The maximum absolute atomic E-state index is 11.8. The Morgan fingerprint density at radius 3 is 2.22 bits per heavy atom. The van der Waals surface area contributed by atoms with Gasteiger partial charge in [-0.25, -0.2) is 4.79 Å². The van der Waals surface area contributed by atoms with Crippen LogP contribution in [-0.2, 0) is 14.3 Å². The lowest BCUT2D eigenvalue weighted by Gasteiger charge is -2.28. The summed E-state index contributed by atoms with van der Waals surface area (Å²) in [5.74, 6) is -1.71. The van der Waals surface area contributed by atoms with Crippen molar-refractivity contribution in [2.75, 3.05) is 27.7 Å². The molecule has 134 valence electrons. The summed E-state index contributed by atoms with van der Waals surface area (Å²) in [6.07, 6.45) is 5.85. The predicted octanol–water partition coefficient (Wildman–Crippen LogP) is 2.88. The van der Waals surface area contributed by atoms with Crippen LogP contribution < -0.4 is 0 Å². The van der Waals surface area contributed by atoms with Crippen molar-refractivity contribution < 1.29 is 29.0 Å². The maximum atomic E-state index is 11.8. The minimum Gasteiger partial charge on any atom is -0.512 e. The van der Waals surface area contributed by atoms with Crippen LogP contribution in [0.25, 0.3) is 0 Å². The number of aliphatic hydroxyl groups is 1. The van der Waals surface area contributed by atoms with Gasteiger partial charge < -0.3 is 19.4 Å². The van der Waals surface area contributed by atoms with Gasteiger partial charge in [-0.1, -0.05) is 32.6 Å². The molecule has 0 bridgehead atoms. The molecule has 0 aliphatic rings. The molecule has 0 aromatic carbocycles. The van der Waals surface area contributed by atoms with Gasteiger partial charge >= 0.3 is 11.9 Å². The number of hydrogen-bond acceptors (Lipinski definition) is 4. The van der Waals surface area contributed by atoms with Gasteiger partial charge in [-0.3, -0.25) is 4.79 Å². The molecule has 0 radical (unpaired) electrons. The number of carbonyl (C=O) groups is 2. The van der Waals surface area contributed by atoms with E-state index in [4.69, 9.17) is 9.84 Å². The number of allylic oxidation sites excluding steroid dienone is 1. The van der Waals surface area contributed by atoms with Crippen molar-refractivity contribution in [3.63, 3.8) is 0 Å². The van der Waals surface area contributed by atoms with Crippen molar-refractivity contribution in [1.82, 2.24) is 0 Å². The Kier molecular flexibility index (Phi) is 10.3. The van der Waals surface area contributed by atoms with Crippen LogP contribution in [0.1, 0.15) is 51.9 Å². The molecule has 0 saturated carbocycles. The van der Waals surface area contributed by atoms with Gasteiger partial charge in [-0.15, -0.1) is 0 Å². The molecule has 0 amide bonds. The van der Waals surface area contributed by atoms with E-state index < -0.39 is 18.0 Å². The summed E-state index contributed by atoms with van der Waals surface area (Å²) in [5, 5.41) is 18.6. The largest absolute Gasteiger partial charge is 0.512 e. The van der Waals surface area contributed by atoms with Gasteiger partial charge in [0.1, 0.15) is 6.54 Å². The molecule has 0 heterocycles. The smallest absolute Gasteiger partial charge is 0.334 e. The summed E-state index contributed by atoms with van der Waals surface area (Å²) in [5.41, 5.74) is 0. The molecule has 0 aliphatic heterocycles. The standard InChI is InChI=1S/C17H31NO5/c1-5-6-7-8-9-10-14(19)11-17(22)23-15(12-16(20)21)13-18(2,3)4/h11,15H,5-10,12-13H2,1-4H3,(H-,19,20,21,22)/p+1. The minimum absolute atomic E-state index is 0.00850. The summed E-state index contributed by atoms with van der Waals surface area (Å²) in [6, 6.07) is 0. The van der Waals surface area contributed by atoms with Crippen LogP contribution in [0.3, 0.4) is 0 Å². The van der Waals surface area contributed by atoms with Gasteiger partial charge in [-0.05, 0) is 6.42 Å². The molecule has 2 N–H and O–H groups in total. The van der Waals surface area contributed by atoms with E-state index in [0.29, 0.717) is 17.4 Å². The van der Waals surface area contributed by atoms with E-state index in [2.05, 4.69) is 6.92 Å². The van der Waals surface area contributed by atoms with Gasteiger partial charge in [0, 0.05) is 6.42 Å². The quantitative estimate of drug-likeness (QED) is 0.189. The SMILES string of the molecule is CCCCCCCC(O)=CC(=O)OC(CC(=O)O)C[N+](C)(C)C. The zero-order chi connectivity index (χ0) is 17.9. The predicted molar refractivity (Wildman–Crippen MR) is 89.1 cm³/mol. The summed E-state index contributed by atoms with van der Waals surface area (Å²) < 4.78 is 5.67. The second-order valence-electron chi connectivity index (χ2n) is 6.93. The van der Waals surface area contributed by atoms with Crippen molar-refractivity contribution in [2.45, 2.75) is 58.0 Å². The zero-order valence-corrected chi connectivity index (χ0v) is 14.9. The van der Waals surface area contributed by atoms with E-state index >= 15 is 0 Å². The van der Waals surface area contributed by atoms with E-state index in [-0.39, 0.29) is 12.2 Å². The fraction of sp³-hybridized carbons (Fsp3) is 0.765. The number of nitrogens with zero attached hydrogens (tertiary/aromatic N) is 1. The molecule has 0 rings (SSSR count). The topological polar surface area (TPSA) is 83.8 Å². The fourth-order valence-electron chi connectivity index (χ4n) is 2.27. The van der Waals surface area contributed by atoms with Gasteiger partial charge in [0.15, 0.2) is 6.10 Å². The van der Waals surface area contributed by atoms with Crippen molar-refractivity contribution in [3.8, 4) is 0 Å². The maximum Gasteiger partial charge on any atom is 0.334 e. The Labute approximate surface area is 139 Å². The highest BCUT2D eigenvalue weighted by Crippen LogP contribution is 2.11. The summed E-state index contributed by atoms with van der Waals surface area (Å²) in [7, 11) is 5.69. The first-order valence-electron chi connectivity index (χ1n) is 8.26. The van der Waals surface area contributed by atoms with Crippen LogP contribution in [0.4, 0.5) is 0 Å². The first-order valence-corrected chi connectivity index (χ1v) is 8.26. The number of likely N-dealkylation sites (N-methyl/N-ethyl adjacent to an activating group) is 1. The normalized spacial score (nSPS) is 13.7. The highest BCUT2D eigenvalue weighted by molar-refractivity contribution is 5.82. The number of rotatable bonds is 12. The number of ether oxygens (including phenoxy) is 1. The number of unbranched alkanes of at least 4 members (excludes halogenated alkanes) is 4. The van der Waals surface area contributed by atoms with Crippen molar-refractivity contribution in [2.24, 2.45) is 0 Å². The van der Waals surface area contributed by atoms with Crippen LogP contribution in [0.2, 0.25) is 0 Å². The molecule has 6 heteroatoms. The summed E-state index contributed by atoms with van der Waals surface area (Å²) in [4.78, 5) is 22.7.